The van der Waals surface area contributed by atoms with Gasteiger partial charge in [-0.2, -0.15) is 0 Å². The Morgan fingerprint density at radius 1 is 1.10 bits per heavy atom. The second-order valence-corrected chi connectivity index (χ2v) is 5.72. The summed E-state index contributed by atoms with van der Waals surface area (Å²) in [4.78, 5) is 10.7. The largest absolute Gasteiger partial charge is 0.495 e. The number of hydrogen-bond acceptors (Lipinski definition) is 4. The van der Waals surface area contributed by atoms with E-state index in [0.717, 1.165) is 4.47 Å². The van der Waals surface area contributed by atoms with Crippen molar-refractivity contribution in [3.63, 3.8) is 0 Å². The Kier molecular flexibility index (Phi) is 4.61. The Bertz CT molecular complexity index is 662. The van der Waals surface area contributed by atoms with Crippen LogP contribution in [-0.2, 0) is 0 Å². The van der Waals surface area contributed by atoms with Gasteiger partial charge in [0.15, 0.2) is 0 Å². The number of nitrogens with zero attached hydrogens (tertiary/aromatic N) is 1. The average molecular weight is 402 g/mol. The molecule has 0 aliphatic heterocycles. The van der Waals surface area contributed by atoms with Gasteiger partial charge in [-0.05, 0) is 30.3 Å². The van der Waals surface area contributed by atoms with Crippen LogP contribution in [0.1, 0.15) is 0 Å². The van der Waals surface area contributed by atoms with Crippen LogP contribution in [-0.4, -0.2) is 12.0 Å². The van der Waals surface area contributed by atoms with Gasteiger partial charge in [0, 0.05) is 15.0 Å². The number of methoxy groups -OCH3 is 1. The molecule has 0 unspecified atom stereocenters. The Morgan fingerprint density at radius 3 is 2.40 bits per heavy atom. The second-order valence-electron chi connectivity index (χ2n) is 3.89. The summed E-state index contributed by atoms with van der Waals surface area (Å²) in [6, 6.07) is 10.2. The molecule has 0 amide bonds. The Labute approximate surface area is 132 Å². The fourth-order valence-corrected chi connectivity index (χ4v) is 2.39. The lowest BCUT2D eigenvalue weighted by Crippen LogP contribution is -1.99. The van der Waals surface area contributed by atoms with Gasteiger partial charge < -0.3 is 10.1 Å². The average Bonchev–Trinajstić information content (AvgIpc) is 2.41. The minimum absolute atomic E-state index is 0.0126. The van der Waals surface area contributed by atoms with Gasteiger partial charge in [0.25, 0.3) is 5.69 Å². The first kappa shape index (κ1) is 14.8. The number of nitro groups is 1. The molecule has 0 fully saturated rings. The minimum Gasteiger partial charge on any atom is -0.495 e. The normalized spacial score (nSPS) is 10.2. The summed E-state index contributed by atoms with van der Waals surface area (Å²) in [5.41, 5.74) is 1.03. The summed E-state index contributed by atoms with van der Waals surface area (Å²) in [7, 11) is 1.55. The topological polar surface area (TPSA) is 64.4 Å². The predicted octanol–water partition coefficient (Wildman–Crippen LogP) is 4.87. The van der Waals surface area contributed by atoms with E-state index < -0.39 is 4.92 Å². The number of rotatable bonds is 4. The third-order valence-corrected chi connectivity index (χ3v) is 3.57. The number of ether oxygens (including phenoxy) is 1. The molecule has 20 heavy (non-hydrogen) atoms. The molecule has 2 aromatic rings. The SMILES string of the molecule is COc1ccc(Br)cc1Nc1ccc(Br)cc1[N+](=O)[O-]. The molecular weight excluding hydrogens is 392 g/mol. The standard InChI is InChI=1S/C13H10Br2N2O3/c1-20-13-5-3-8(14)6-11(13)16-10-4-2-9(15)7-12(10)17(18)19/h2-7,16H,1H3. The highest BCUT2D eigenvalue weighted by molar-refractivity contribution is 9.10. The van der Waals surface area contributed by atoms with E-state index in [4.69, 9.17) is 4.74 Å². The van der Waals surface area contributed by atoms with Crippen LogP contribution in [0.4, 0.5) is 17.1 Å². The van der Waals surface area contributed by atoms with Gasteiger partial charge in [-0.1, -0.05) is 31.9 Å². The molecule has 0 atom stereocenters. The molecule has 0 aliphatic rings. The summed E-state index contributed by atoms with van der Waals surface area (Å²) in [6.07, 6.45) is 0. The van der Waals surface area contributed by atoms with Crippen molar-refractivity contribution in [3.05, 3.63) is 55.5 Å². The number of benzene rings is 2. The summed E-state index contributed by atoms with van der Waals surface area (Å²) in [5, 5.41) is 14.1. The fraction of sp³-hybridized carbons (Fsp3) is 0.0769. The lowest BCUT2D eigenvalue weighted by molar-refractivity contribution is -0.384. The smallest absolute Gasteiger partial charge is 0.293 e. The van der Waals surface area contributed by atoms with Crippen molar-refractivity contribution in [2.45, 2.75) is 0 Å². The van der Waals surface area contributed by atoms with Crippen molar-refractivity contribution >= 4 is 48.9 Å². The lowest BCUT2D eigenvalue weighted by atomic mass is 10.2. The molecule has 104 valence electrons. The zero-order valence-electron chi connectivity index (χ0n) is 10.4. The van der Waals surface area contributed by atoms with Crippen LogP contribution >= 0.6 is 31.9 Å². The van der Waals surface area contributed by atoms with Gasteiger partial charge in [-0.3, -0.25) is 10.1 Å². The first-order valence-electron chi connectivity index (χ1n) is 5.56. The van der Waals surface area contributed by atoms with E-state index >= 15 is 0 Å². The molecule has 7 heteroatoms. The van der Waals surface area contributed by atoms with Gasteiger partial charge in [-0.15, -0.1) is 0 Å². The minimum atomic E-state index is -0.433. The van der Waals surface area contributed by atoms with E-state index in [9.17, 15) is 10.1 Å². The third kappa shape index (κ3) is 3.29. The van der Waals surface area contributed by atoms with Crippen LogP contribution < -0.4 is 10.1 Å². The molecular formula is C13H10Br2N2O3. The molecule has 0 aliphatic carbocycles. The van der Waals surface area contributed by atoms with E-state index in [0.29, 0.717) is 21.6 Å². The van der Waals surface area contributed by atoms with Crippen LogP contribution in [0.3, 0.4) is 0 Å². The monoisotopic (exact) mass is 400 g/mol. The number of nitrogens with one attached hydrogen (secondary N) is 1. The van der Waals surface area contributed by atoms with E-state index in [-0.39, 0.29) is 5.69 Å². The molecule has 0 radical (unpaired) electrons. The van der Waals surface area contributed by atoms with Crippen molar-refractivity contribution < 1.29 is 9.66 Å². The number of nitro benzene ring substituents is 1. The van der Waals surface area contributed by atoms with Crippen LogP contribution in [0.25, 0.3) is 0 Å². The summed E-state index contributed by atoms with van der Waals surface area (Å²) >= 11 is 6.59. The van der Waals surface area contributed by atoms with Crippen LogP contribution in [0, 0.1) is 10.1 Å². The van der Waals surface area contributed by atoms with Crippen LogP contribution in [0.2, 0.25) is 0 Å². The first-order valence-corrected chi connectivity index (χ1v) is 7.14. The van der Waals surface area contributed by atoms with E-state index in [2.05, 4.69) is 37.2 Å². The van der Waals surface area contributed by atoms with Crippen molar-refractivity contribution in [2.75, 3.05) is 12.4 Å². The molecule has 1 N–H and O–H groups in total. The molecule has 5 nitrogen and oxygen atoms in total. The second kappa shape index (κ2) is 6.23. The summed E-state index contributed by atoms with van der Waals surface area (Å²) in [6.45, 7) is 0. The van der Waals surface area contributed by atoms with Crippen molar-refractivity contribution in [1.82, 2.24) is 0 Å². The number of hydrogen-bond donors (Lipinski definition) is 1. The van der Waals surface area contributed by atoms with Crippen molar-refractivity contribution in [1.29, 1.82) is 0 Å². The fourth-order valence-electron chi connectivity index (χ4n) is 1.68. The van der Waals surface area contributed by atoms with E-state index in [1.165, 1.54) is 6.07 Å². The van der Waals surface area contributed by atoms with Gasteiger partial charge in [0.05, 0.1) is 17.7 Å². The van der Waals surface area contributed by atoms with E-state index in [1.807, 2.05) is 6.07 Å². The zero-order valence-corrected chi connectivity index (χ0v) is 13.6. The van der Waals surface area contributed by atoms with E-state index in [1.54, 1.807) is 31.4 Å². The number of anilines is 2. The quantitative estimate of drug-likeness (QED) is 0.586. The summed E-state index contributed by atoms with van der Waals surface area (Å²) < 4.78 is 6.73. The van der Waals surface area contributed by atoms with Gasteiger partial charge in [-0.25, -0.2) is 0 Å². The molecule has 0 saturated heterocycles. The van der Waals surface area contributed by atoms with Crippen molar-refractivity contribution in [3.8, 4) is 5.75 Å². The Balaban J connectivity index is 2.44. The maximum Gasteiger partial charge on any atom is 0.293 e. The molecule has 2 rings (SSSR count). The van der Waals surface area contributed by atoms with Gasteiger partial charge in [0.2, 0.25) is 0 Å². The van der Waals surface area contributed by atoms with Crippen LogP contribution in [0.5, 0.6) is 5.75 Å². The van der Waals surface area contributed by atoms with Gasteiger partial charge >= 0.3 is 0 Å². The molecule has 2 aromatic carbocycles. The highest BCUT2D eigenvalue weighted by Gasteiger charge is 2.15. The first-order chi connectivity index (χ1) is 9.51. The predicted molar refractivity (Wildman–Crippen MR) is 84.8 cm³/mol. The maximum absolute atomic E-state index is 11.1. The van der Waals surface area contributed by atoms with Crippen LogP contribution in [0.15, 0.2) is 45.3 Å². The highest BCUT2D eigenvalue weighted by atomic mass is 79.9. The third-order valence-electron chi connectivity index (χ3n) is 2.59. The molecule has 0 saturated carbocycles. The highest BCUT2D eigenvalue weighted by Crippen LogP contribution is 2.35. The molecule has 0 heterocycles. The molecule has 0 bridgehead atoms. The Hall–Kier alpha value is -1.60. The van der Waals surface area contributed by atoms with Gasteiger partial charge in [0.1, 0.15) is 11.4 Å². The maximum atomic E-state index is 11.1. The lowest BCUT2D eigenvalue weighted by Gasteiger charge is -2.12. The number of halogens is 2. The molecule has 0 aromatic heterocycles. The zero-order chi connectivity index (χ0) is 14.7. The summed E-state index contributed by atoms with van der Waals surface area (Å²) in [5.74, 6) is 0.602. The Morgan fingerprint density at radius 2 is 1.75 bits per heavy atom. The van der Waals surface area contributed by atoms with Crippen molar-refractivity contribution in [2.24, 2.45) is 0 Å². The molecule has 0 spiro atoms.